The summed E-state index contributed by atoms with van der Waals surface area (Å²) in [4.78, 5) is 23.3. The van der Waals surface area contributed by atoms with Crippen LogP contribution in [0.4, 0.5) is 0 Å². The van der Waals surface area contributed by atoms with E-state index in [1.54, 1.807) is 12.1 Å². The van der Waals surface area contributed by atoms with Crippen molar-refractivity contribution < 1.29 is 19.4 Å². The van der Waals surface area contributed by atoms with Crippen molar-refractivity contribution in [3.63, 3.8) is 0 Å². The zero-order valence-electron chi connectivity index (χ0n) is 10.1. The van der Waals surface area contributed by atoms with Crippen LogP contribution in [0, 0.1) is 0 Å². The zero-order valence-corrected chi connectivity index (χ0v) is 10.1. The maximum Gasteiger partial charge on any atom is 0.330 e. The van der Waals surface area contributed by atoms with Crippen molar-refractivity contribution in [2.75, 3.05) is 13.7 Å². The Bertz CT molecular complexity index is 451. The van der Waals surface area contributed by atoms with E-state index in [1.807, 2.05) is 10.8 Å². The molecule has 0 spiro atoms. The van der Waals surface area contributed by atoms with Crippen molar-refractivity contribution in [2.24, 2.45) is 0 Å². The van der Waals surface area contributed by atoms with Crippen LogP contribution in [-0.2, 0) is 9.53 Å². The lowest BCUT2D eigenvalue weighted by Gasteiger charge is -2.14. The van der Waals surface area contributed by atoms with E-state index >= 15 is 0 Å². The van der Waals surface area contributed by atoms with Crippen LogP contribution in [0.15, 0.2) is 18.3 Å². The molecule has 0 aromatic carbocycles. The van der Waals surface area contributed by atoms with Gasteiger partial charge in [-0.2, -0.15) is 0 Å². The number of nitrogens with one attached hydrogen (secondary N) is 1. The number of rotatable bonds is 5. The van der Waals surface area contributed by atoms with E-state index in [4.69, 9.17) is 5.11 Å². The summed E-state index contributed by atoms with van der Waals surface area (Å²) in [7, 11) is 1.21. The van der Waals surface area contributed by atoms with Gasteiger partial charge in [0.05, 0.1) is 13.7 Å². The summed E-state index contributed by atoms with van der Waals surface area (Å²) in [5.41, 5.74) is 0.500. The molecule has 1 aromatic heterocycles. The number of amides is 1. The second-order valence-electron chi connectivity index (χ2n) is 4.26. The number of aromatic nitrogens is 1. The van der Waals surface area contributed by atoms with Gasteiger partial charge in [-0.25, -0.2) is 4.79 Å². The molecule has 0 bridgehead atoms. The Morgan fingerprint density at radius 1 is 1.61 bits per heavy atom. The Kier molecular flexibility index (Phi) is 3.66. The molecular weight excluding hydrogens is 236 g/mol. The summed E-state index contributed by atoms with van der Waals surface area (Å²) in [5, 5.41) is 11.5. The van der Waals surface area contributed by atoms with Gasteiger partial charge in [-0.15, -0.1) is 0 Å². The van der Waals surface area contributed by atoms with Gasteiger partial charge in [-0.3, -0.25) is 4.79 Å². The van der Waals surface area contributed by atoms with Crippen molar-refractivity contribution in [1.29, 1.82) is 0 Å². The molecule has 0 radical (unpaired) electrons. The first kappa shape index (κ1) is 12.6. The number of aliphatic hydroxyl groups is 1. The van der Waals surface area contributed by atoms with Gasteiger partial charge in [0.1, 0.15) is 5.69 Å². The minimum atomic E-state index is -1.02. The highest BCUT2D eigenvalue weighted by molar-refractivity contribution is 5.95. The second-order valence-corrected chi connectivity index (χ2v) is 4.26. The molecule has 2 rings (SSSR count). The number of ether oxygens (including phenoxy) is 1. The van der Waals surface area contributed by atoms with Gasteiger partial charge in [0, 0.05) is 12.2 Å². The Hall–Kier alpha value is -1.82. The lowest BCUT2D eigenvalue weighted by molar-refractivity contribution is -0.143. The highest BCUT2D eigenvalue weighted by atomic mass is 16.5. The largest absolute Gasteiger partial charge is 0.467 e. The van der Waals surface area contributed by atoms with E-state index in [-0.39, 0.29) is 5.91 Å². The van der Waals surface area contributed by atoms with Crippen molar-refractivity contribution in [1.82, 2.24) is 9.88 Å². The molecule has 1 aliphatic carbocycles. The Morgan fingerprint density at radius 2 is 2.33 bits per heavy atom. The molecule has 1 heterocycles. The molecule has 0 saturated heterocycles. The van der Waals surface area contributed by atoms with E-state index < -0.39 is 18.6 Å². The number of carbonyl (C=O) groups is 2. The standard InChI is InChI=1S/C12H16N2O4/c1-18-12(17)9(7-15)13-11(16)10-3-2-6-14(10)8-4-5-8/h2-3,6,8-9,15H,4-5,7H2,1H3,(H,13,16). The molecule has 1 fully saturated rings. The van der Waals surface area contributed by atoms with Gasteiger partial charge in [-0.05, 0) is 25.0 Å². The summed E-state index contributed by atoms with van der Waals surface area (Å²) in [6.07, 6.45) is 3.98. The summed E-state index contributed by atoms with van der Waals surface area (Å²) >= 11 is 0. The van der Waals surface area contributed by atoms with Crippen molar-refractivity contribution in [3.05, 3.63) is 24.0 Å². The molecule has 18 heavy (non-hydrogen) atoms. The van der Waals surface area contributed by atoms with Gasteiger partial charge < -0.3 is 19.7 Å². The summed E-state index contributed by atoms with van der Waals surface area (Å²) in [6.45, 7) is -0.484. The predicted molar refractivity (Wildman–Crippen MR) is 63.1 cm³/mol. The fourth-order valence-corrected chi connectivity index (χ4v) is 1.81. The third-order valence-corrected chi connectivity index (χ3v) is 2.93. The minimum absolute atomic E-state index is 0.378. The number of methoxy groups -OCH3 is 1. The van der Waals surface area contributed by atoms with E-state index in [0.29, 0.717) is 11.7 Å². The zero-order chi connectivity index (χ0) is 13.1. The predicted octanol–water partition coefficient (Wildman–Crippen LogP) is 0.0867. The van der Waals surface area contributed by atoms with Crippen molar-refractivity contribution in [3.8, 4) is 0 Å². The number of carbonyl (C=O) groups excluding carboxylic acids is 2. The topological polar surface area (TPSA) is 80.6 Å². The molecule has 1 amide bonds. The quantitative estimate of drug-likeness (QED) is 0.728. The maximum absolute atomic E-state index is 12.0. The minimum Gasteiger partial charge on any atom is -0.467 e. The van der Waals surface area contributed by atoms with Gasteiger partial charge in [-0.1, -0.05) is 0 Å². The van der Waals surface area contributed by atoms with E-state index in [0.717, 1.165) is 12.8 Å². The van der Waals surface area contributed by atoms with Gasteiger partial charge in [0.15, 0.2) is 6.04 Å². The first-order valence-electron chi connectivity index (χ1n) is 5.83. The molecule has 6 heteroatoms. The lowest BCUT2D eigenvalue weighted by Crippen LogP contribution is -2.44. The number of hydrogen-bond acceptors (Lipinski definition) is 4. The van der Waals surface area contributed by atoms with Gasteiger partial charge >= 0.3 is 5.97 Å². The molecule has 0 aliphatic heterocycles. The monoisotopic (exact) mass is 252 g/mol. The summed E-state index contributed by atoms with van der Waals surface area (Å²) < 4.78 is 6.38. The van der Waals surface area contributed by atoms with Crippen molar-refractivity contribution in [2.45, 2.75) is 24.9 Å². The number of hydrogen-bond donors (Lipinski definition) is 2. The highest BCUT2D eigenvalue weighted by Gasteiger charge is 2.28. The maximum atomic E-state index is 12.0. The van der Waals surface area contributed by atoms with Crippen LogP contribution in [0.1, 0.15) is 29.4 Å². The van der Waals surface area contributed by atoms with Gasteiger partial charge in [0.25, 0.3) is 5.91 Å². The molecule has 2 N–H and O–H groups in total. The Labute approximate surface area is 105 Å². The van der Waals surface area contributed by atoms with Crippen LogP contribution >= 0.6 is 0 Å². The fourth-order valence-electron chi connectivity index (χ4n) is 1.81. The van der Waals surface area contributed by atoms with E-state index in [2.05, 4.69) is 10.1 Å². The first-order chi connectivity index (χ1) is 8.67. The Morgan fingerprint density at radius 3 is 2.89 bits per heavy atom. The van der Waals surface area contributed by atoms with E-state index in [9.17, 15) is 9.59 Å². The third-order valence-electron chi connectivity index (χ3n) is 2.93. The van der Waals surface area contributed by atoms with Crippen LogP contribution in [0.25, 0.3) is 0 Å². The lowest BCUT2D eigenvalue weighted by atomic mass is 10.3. The van der Waals surface area contributed by atoms with Crippen LogP contribution in [0.2, 0.25) is 0 Å². The fraction of sp³-hybridized carbons (Fsp3) is 0.500. The van der Waals surface area contributed by atoms with Crippen LogP contribution in [-0.4, -0.2) is 41.3 Å². The van der Waals surface area contributed by atoms with E-state index in [1.165, 1.54) is 7.11 Å². The average Bonchev–Trinajstić information content (AvgIpc) is 3.12. The third kappa shape index (κ3) is 2.53. The highest BCUT2D eigenvalue weighted by Crippen LogP contribution is 2.35. The molecule has 6 nitrogen and oxygen atoms in total. The molecule has 1 aliphatic rings. The molecule has 1 saturated carbocycles. The number of aliphatic hydroxyl groups excluding tert-OH is 1. The van der Waals surface area contributed by atoms with Gasteiger partial charge in [0.2, 0.25) is 0 Å². The normalized spacial score (nSPS) is 16.1. The first-order valence-corrected chi connectivity index (χ1v) is 5.83. The Balaban J connectivity index is 2.06. The molecule has 1 aromatic rings. The number of esters is 1. The van der Waals surface area contributed by atoms with Crippen LogP contribution < -0.4 is 5.32 Å². The molecule has 1 atom stereocenters. The summed E-state index contributed by atoms with van der Waals surface area (Å²) in [5.74, 6) is -1.04. The van der Waals surface area contributed by atoms with Crippen LogP contribution in [0.5, 0.6) is 0 Å². The smallest absolute Gasteiger partial charge is 0.330 e. The molecule has 98 valence electrons. The average molecular weight is 252 g/mol. The summed E-state index contributed by atoms with van der Waals surface area (Å²) in [6, 6.07) is 2.84. The molecular formula is C12H16N2O4. The number of nitrogens with zero attached hydrogens (tertiary/aromatic N) is 1. The SMILES string of the molecule is COC(=O)C(CO)NC(=O)c1cccn1C1CC1. The van der Waals surface area contributed by atoms with Crippen molar-refractivity contribution >= 4 is 11.9 Å². The second kappa shape index (κ2) is 5.22. The molecule has 1 unspecified atom stereocenters. The van der Waals surface area contributed by atoms with Crippen LogP contribution in [0.3, 0.4) is 0 Å².